The monoisotopic (exact) mass is 271 g/mol. The topological polar surface area (TPSA) is 21.3 Å². The van der Waals surface area contributed by atoms with Gasteiger partial charge >= 0.3 is 0 Å². The Kier molecular flexibility index (Phi) is 4.98. The van der Waals surface area contributed by atoms with Crippen LogP contribution in [0.3, 0.4) is 0 Å². The lowest BCUT2D eigenvalue weighted by Gasteiger charge is -2.30. The fourth-order valence-corrected chi connectivity index (χ4v) is 2.66. The summed E-state index contributed by atoms with van der Waals surface area (Å²) in [5.41, 5.74) is 0.989. The van der Waals surface area contributed by atoms with Crippen LogP contribution in [0.5, 0.6) is 0 Å². The van der Waals surface area contributed by atoms with E-state index in [4.69, 9.17) is 16.3 Å². The second-order valence-corrected chi connectivity index (χ2v) is 5.20. The number of halogens is 2. The van der Waals surface area contributed by atoms with Crippen LogP contribution in [0.4, 0.5) is 4.39 Å². The van der Waals surface area contributed by atoms with Gasteiger partial charge in [0.05, 0.1) is 5.02 Å². The number of ether oxygens (including phenoxy) is 1. The van der Waals surface area contributed by atoms with Crippen LogP contribution in [-0.2, 0) is 11.2 Å². The Labute approximate surface area is 112 Å². The first-order chi connectivity index (χ1) is 8.70. The maximum Gasteiger partial charge on any atom is 0.142 e. The molecule has 1 aromatic carbocycles. The first-order valence-electron chi connectivity index (χ1n) is 6.39. The molecule has 1 aliphatic heterocycles. The number of benzene rings is 1. The van der Waals surface area contributed by atoms with Crippen LogP contribution in [0.1, 0.15) is 18.4 Å². The summed E-state index contributed by atoms with van der Waals surface area (Å²) in [4.78, 5) is 0. The number of rotatable bonds is 4. The molecular formula is C14H19ClFNO. The minimum atomic E-state index is -0.337. The third-order valence-electron chi connectivity index (χ3n) is 3.65. The molecule has 1 atom stereocenters. The Bertz CT molecular complexity index is 393. The van der Waals surface area contributed by atoms with E-state index in [0.717, 1.165) is 38.0 Å². The van der Waals surface area contributed by atoms with E-state index in [-0.39, 0.29) is 10.8 Å². The van der Waals surface area contributed by atoms with Crippen molar-refractivity contribution in [1.29, 1.82) is 0 Å². The molecule has 0 bridgehead atoms. The zero-order valence-corrected chi connectivity index (χ0v) is 11.3. The first-order valence-corrected chi connectivity index (χ1v) is 6.77. The molecule has 0 amide bonds. The zero-order chi connectivity index (χ0) is 13.0. The summed E-state index contributed by atoms with van der Waals surface area (Å²) in [6.07, 6.45) is 2.97. The van der Waals surface area contributed by atoms with Crippen LogP contribution < -0.4 is 5.32 Å². The van der Waals surface area contributed by atoms with Gasteiger partial charge in [0, 0.05) is 19.3 Å². The fourth-order valence-electron chi connectivity index (χ4n) is 2.54. The van der Waals surface area contributed by atoms with Crippen molar-refractivity contribution < 1.29 is 9.13 Å². The summed E-state index contributed by atoms with van der Waals surface area (Å²) in [6.45, 7) is 1.66. The van der Waals surface area contributed by atoms with Gasteiger partial charge in [-0.3, -0.25) is 0 Å². The molecule has 0 saturated carbocycles. The Hall–Kier alpha value is -0.640. The highest BCUT2D eigenvalue weighted by Crippen LogP contribution is 2.23. The van der Waals surface area contributed by atoms with E-state index in [1.807, 2.05) is 13.1 Å². The summed E-state index contributed by atoms with van der Waals surface area (Å²) in [5, 5.41) is 3.53. The highest BCUT2D eigenvalue weighted by Gasteiger charge is 2.23. The molecule has 0 aromatic heterocycles. The lowest BCUT2D eigenvalue weighted by Crippen LogP contribution is -2.38. The van der Waals surface area contributed by atoms with E-state index in [2.05, 4.69) is 5.32 Å². The molecule has 1 N–H and O–H groups in total. The van der Waals surface area contributed by atoms with Crippen LogP contribution in [0, 0.1) is 11.7 Å². The second kappa shape index (κ2) is 6.50. The van der Waals surface area contributed by atoms with Crippen molar-refractivity contribution in [3.05, 3.63) is 34.6 Å². The zero-order valence-electron chi connectivity index (χ0n) is 10.6. The molecule has 0 radical (unpaired) electrons. The molecule has 1 aromatic rings. The SMILES string of the molecule is CNC(Cc1ccc(Cl)c(F)c1)C1CCOCC1. The average molecular weight is 272 g/mol. The summed E-state index contributed by atoms with van der Waals surface area (Å²) in [6, 6.07) is 5.43. The normalized spacial score (nSPS) is 18.8. The number of hydrogen-bond acceptors (Lipinski definition) is 2. The van der Waals surface area contributed by atoms with Crippen molar-refractivity contribution in [1.82, 2.24) is 5.32 Å². The van der Waals surface area contributed by atoms with Gasteiger partial charge in [-0.2, -0.15) is 0 Å². The predicted molar refractivity (Wildman–Crippen MR) is 71.5 cm³/mol. The van der Waals surface area contributed by atoms with Gasteiger partial charge < -0.3 is 10.1 Å². The van der Waals surface area contributed by atoms with Gasteiger partial charge in [-0.25, -0.2) is 4.39 Å². The highest BCUT2D eigenvalue weighted by atomic mass is 35.5. The maximum atomic E-state index is 13.4. The Morgan fingerprint density at radius 1 is 1.44 bits per heavy atom. The van der Waals surface area contributed by atoms with Gasteiger partial charge in [-0.15, -0.1) is 0 Å². The molecule has 1 heterocycles. The lowest BCUT2D eigenvalue weighted by molar-refractivity contribution is 0.0547. The molecule has 0 aliphatic carbocycles. The van der Waals surface area contributed by atoms with E-state index in [1.165, 1.54) is 6.07 Å². The van der Waals surface area contributed by atoms with Crippen LogP contribution in [0.2, 0.25) is 5.02 Å². The molecule has 1 unspecified atom stereocenters. The molecule has 0 spiro atoms. The predicted octanol–water partition coefficient (Wildman–Crippen LogP) is 3.04. The molecule has 1 fully saturated rings. The summed E-state index contributed by atoms with van der Waals surface area (Å²) in [5.74, 6) is 0.262. The van der Waals surface area contributed by atoms with Crippen LogP contribution >= 0.6 is 11.6 Å². The van der Waals surface area contributed by atoms with Crippen LogP contribution in [-0.4, -0.2) is 26.3 Å². The van der Waals surface area contributed by atoms with Gasteiger partial charge in [-0.1, -0.05) is 17.7 Å². The molecule has 4 heteroatoms. The fraction of sp³-hybridized carbons (Fsp3) is 0.571. The summed E-state index contributed by atoms with van der Waals surface area (Å²) >= 11 is 5.69. The molecule has 18 heavy (non-hydrogen) atoms. The van der Waals surface area contributed by atoms with Crippen molar-refractivity contribution in [2.75, 3.05) is 20.3 Å². The number of hydrogen-bond donors (Lipinski definition) is 1. The third kappa shape index (κ3) is 3.44. The standard InChI is InChI=1S/C14H19ClFNO/c1-17-14(11-4-6-18-7-5-11)9-10-2-3-12(15)13(16)8-10/h2-3,8,11,14,17H,4-7,9H2,1H3. The molecule has 2 nitrogen and oxygen atoms in total. The molecule has 1 saturated heterocycles. The number of nitrogens with one attached hydrogen (secondary N) is 1. The van der Waals surface area contributed by atoms with Gasteiger partial charge in [0.1, 0.15) is 5.82 Å². The Balaban J connectivity index is 2.02. The summed E-state index contributed by atoms with van der Waals surface area (Å²) < 4.78 is 18.8. The number of likely N-dealkylation sites (N-methyl/N-ethyl adjacent to an activating group) is 1. The van der Waals surface area contributed by atoms with Gasteiger partial charge in [0.25, 0.3) is 0 Å². The van der Waals surface area contributed by atoms with E-state index in [9.17, 15) is 4.39 Å². The van der Waals surface area contributed by atoms with E-state index in [0.29, 0.717) is 12.0 Å². The quantitative estimate of drug-likeness (QED) is 0.909. The van der Waals surface area contributed by atoms with E-state index in [1.54, 1.807) is 6.07 Å². The summed E-state index contributed by atoms with van der Waals surface area (Å²) in [7, 11) is 1.96. The smallest absolute Gasteiger partial charge is 0.142 e. The maximum absolute atomic E-state index is 13.4. The van der Waals surface area contributed by atoms with Gasteiger partial charge in [0.15, 0.2) is 0 Å². The average Bonchev–Trinajstić information content (AvgIpc) is 2.41. The minimum absolute atomic E-state index is 0.186. The molecular weight excluding hydrogens is 253 g/mol. The second-order valence-electron chi connectivity index (χ2n) is 4.80. The lowest BCUT2D eigenvalue weighted by atomic mass is 9.88. The Morgan fingerprint density at radius 2 is 2.17 bits per heavy atom. The van der Waals surface area contributed by atoms with Crippen LogP contribution in [0.15, 0.2) is 18.2 Å². The van der Waals surface area contributed by atoms with Gasteiger partial charge in [0.2, 0.25) is 0 Å². The molecule has 100 valence electrons. The van der Waals surface area contributed by atoms with E-state index >= 15 is 0 Å². The minimum Gasteiger partial charge on any atom is -0.381 e. The van der Waals surface area contributed by atoms with Crippen molar-refractivity contribution in [2.24, 2.45) is 5.92 Å². The van der Waals surface area contributed by atoms with E-state index < -0.39 is 0 Å². The van der Waals surface area contributed by atoms with Crippen molar-refractivity contribution in [3.63, 3.8) is 0 Å². The first kappa shape index (κ1) is 13.8. The van der Waals surface area contributed by atoms with Crippen LogP contribution in [0.25, 0.3) is 0 Å². The molecule has 1 aliphatic rings. The third-order valence-corrected chi connectivity index (χ3v) is 3.95. The molecule has 2 rings (SSSR count). The highest BCUT2D eigenvalue weighted by molar-refractivity contribution is 6.30. The van der Waals surface area contributed by atoms with Crippen molar-refractivity contribution >= 4 is 11.6 Å². The van der Waals surface area contributed by atoms with Crippen molar-refractivity contribution in [3.8, 4) is 0 Å². The largest absolute Gasteiger partial charge is 0.381 e. The van der Waals surface area contributed by atoms with Gasteiger partial charge in [-0.05, 0) is 49.9 Å². The van der Waals surface area contributed by atoms with Crippen molar-refractivity contribution in [2.45, 2.75) is 25.3 Å². The Morgan fingerprint density at radius 3 is 2.78 bits per heavy atom.